The van der Waals surface area contributed by atoms with Crippen LogP contribution in [-0.4, -0.2) is 50.6 Å². The van der Waals surface area contributed by atoms with Crippen LogP contribution in [0.4, 0.5) is 0 Å². The zero-order chi connectivity index (χ0) is 9.90. The molecule has 1 rings (SSSR count). The summed E-state index contributed by atoms with van der Waals surface area (Å²) in [6.45, 7) is 2.35. The molecule has 0 spiro atoms. The molecule has 6 nitrogen and oxygen atoms in total. The molecule has 1 fully saturated rings. The first-order valence-corrected chi connectivity index (χ1v) is 5.64. The molecular formula is C6H15N3O3S. The van der Waals surface area contributed by atoms with E-state index in [9.17, 15) is 8.42 Å². The number of hydrogen-bond donors (Lipinski definition) is 3. The van der Waals surface area contributed by atoms with Crippen molar-refractivity contribution in [1.82, 2.24) is 9.62 Å². The molecule has 0 bridgehead atoms. The lowest BCUT2D eigenvalue weighted by Crippen LogP contribution is -2.55. The summed E-state index contributed by atoms with van der Waals surface area (Å²) in [6.07, 6.45) is 0. The predicted molar refractivity (Wildman–Crippen MR) is 48.1 cm³/mol. The average Bonchev–Trinajstić information content (AvgIpc) is 1.91. The number of aliphatic hydroxyl groups excluding tert-OH is 1. The van der Waals surface area contributed by atoms with Gasteiger partial charge in [0.15, 0.2) is 0 Å². The SMILES string of the molecule is NS(=O)(=O)N1CC(CNCCO)C1. The zero-order valence-corrected chi connectivity index (χ0v) is 8.13. The Morgan fingerprint density at radius 3 is 2.62 bits per heavy atom. The maximum Gasteiger partial charge on any atom is 0.276 e. The Labute approximate surface area is 77.9 Å². The molecule has 1 heterocycles. The third-order valence-electron chi connectivity index (χ3n) is 2.01. The Morgan fingerprint density at radius 1 is 1.54 bits per heavy atom. The molecule has 1 aliphatic heterocycles. The van der Waals surface area contributed by atoms with Gasteiger partial charge in [-0.3, -0.25) is 0 Å². The third kappa shape index (κ3) is 3.20. The average molecular weight is 209 g/mol. The van der Waals surface area contributed by atoms with Crippen molar-refractivity contribution in [3.63, 3.8) is 0 Å². The Kier molecular flexibility index (Phi) is 3.63. The molecule has 0 atom stereocenters. The molecule has 0 aromatic rings. The van der Waals surface area contributed by atoms with Crippen LogP contribution in [0.5, 0.6) is 0 Å². The van der Waals surface area contributed by atoms with E-state index in [1.807, 2.05) is 0 Å². The van der Waals surface area contributed by atoms with E-state index in [0.29, 0.717) is 25.6 Å². The molecule has 4 N–H and O–H groups in total. The maximum absolute atomic E-state index is 10.7. The maximum atomic E-state index is 10.7. The van der Waals surface area contributed by atoms with E-state index in [-0.39, 0.29) is 6.61 Å². The molecule has 0 radical (unpaired) electrons. The number of nitrogens with zero attached hydrogens (tertiary/aromatic N) is 1. The second kappa shape index (κ2) is 4.34. The quantitative estimate of drug-likeness (QED) is 0.444. The van der Waals surface area contributed by atoms with Gasteiger partial charge in [-0.25, -0.2) is 5.14 Å². The number of hydrogen-bond acceptors (Lipinski definition) is 4. The lowest BCUT2D eigenvalue weighted by Gasteiger charge is -2.36. The zero-order valence-electron chi connectivity index (χ0n) is 7.31. The highest BCUT2D eigenvalue weighted by molar-refractivity contribution is 7.86. The second-order valence-electron chi connectivity index (χ2n) is 3.16. The first-order valence-electron chi connectivity index (χ1n) is 4.13. The summed E-state index contributed by atoms with van der Waals surface area (Å²) in [4.78, 5) is 0. The first-order chi connectivity index (χ1) is 6.04. The fraction of sp³-hybridized carbons (Fsp3) is 1.00. The smallest absolute Gasteiger partial charge is 0.276 e. The van der Waals surface area contributed by atoms with Crippen LogP contribution in [-0.2, 0) is 10.2 Å². The van der Waals surface area contributed by atoms with Crippen LogP contribution >= 0.6 is 0 Å². The standard InChI is InChI=1S/C6H15N3O3S/c7-13(11,12)9-4-6(5-9)3-8-1-2-10/h6,8,10H,1-5H2,(H2,7,11,12). The van der Waals surface area contributed by atoms with E-state index in [4.69, 9.17) is 10.2 Å². The van der Waals surface area contributed by atoms with Gasteiger partial charge in [0.2, 0.25) is 0 Å². The van der Waals surface area contributed by atoms with Crippen LogP contribution in [0.25, 0.3) is 0 Å². The molecule has 0 aromatic heterocycles. The summed E-state index contributed by atoms with van der Waals surface area (Å²) in [6, 6.07) is 0. The first kappa shape index (κ1) is 10.9. The van der Waals surface area contributed by atoms with Crippen LogP contribution in [0.1, 0.15) is 0 Å². The topological polar surface area (TPSA) is 95.7 Å². The molecule has 1 aliphatic rings. The van der Waals surface area contributed by atoms with Gasteiger partial charge in [-0.2, -0.15) is 12.7 Å². The summed E-state index contributed by atoms with van der Waals surface area (Å²) in [5, 5.41) is 16.4. The summed E-state index contributed by atoms with van der Waals surface area (Å²) in [5.41, 5.74) is 0. The number of nitrogens with two attached hydrogens (primary N) is 1. The molecule has 0 aromatic carbocycles. The fourth-order valence-electron chi connectivity index (χ4n) is 1.24. The van der Waals surface area contributed by atoms with Crippen molar-refractivity contribution >= 4 is 10.2 Å². The summed E-state index contributed by atoms with van der Waals surface area (Å²) in [5.74, 6) is 0.324. The predicted octanol–water partition coefficient (Wildman–Crippen LogP) is -2.30. The summed E-state index contributed by atoms with van der Waals surface area (Å²) < 4.78 is 22.7. The largest absolute Gasteiger partial charge is 0.395 e. The van der Waals surface area contributed by atoms with Gasteiger partial charge in [0.1, 0.15) is 0 Å². The van der Waals surface area contributed by atoms with Crippen molar-refractivity contribution in [2.24, 2.45) is 11.1 Å². The van der Waals surface area contributed by atoms with Gasteiger partial charge >= 0.3 is 0 Å². The van der Waals surface area contributed by atoms with E-state index < -0.39 is 10.2 Å². The molecular weight excluding hydrogens is 194 g/mol. The van der Waals surface area contributed by atoms with Gasteiger partial charge in [0.05, 0.1) is 6.61 Å². The molecule has 0 aliphatic carbocycles. The molecule has 0 saturated carbocycles. The molecule has 1 saturated heterocycles. The van der Waals surface area contributed by atoms with Crippen molar-refractivity contribution in [1.29, 1.82) is 0 Å². The second-order valence-corrected chi connectivity index (χ2v) is 4.70. The normalized spacial score (nSPS) is 20.2. The van der Waals surface area contributed by atoms with Gasteiger partial charge in [-0.05, 0) is 5.92 Å². The van der Waals surface area contributed by atoms with E-state index in [2.05, 4.69) is 5.32 Å². The van der Waals surface area contributed by atoms with Crippen molar-refractivity contribution in [3.05, 3.63) is 0 Å². The fourth-order valence-corrected chi connectivity index (χ4v) is 2.08. The Morgan fingerprint density at radius 2 is 2.15 bits per heavy atom. The molecule has 0 amide bonds. The lowest BCUT2D eigenvalue weighted by molar-refractivity contribution is 0.191. The minimum atomic E-state index is -3.47. The van der Waals surface area contributed by atoms with Gasteiger partial charge < -0.3 is 10.4 Å². The Hall–Kier alpha value is -0.210. The highest BCUT2D eigenvalue weighted by Gasteiger charge is 2.32. The third-order valence-corrected chi connectivity index (χ3v) is 3.02. The number of rotatable bonds is 5. The Balaban J connectivity index is 2.12. The van der Waals surface area contributed by atoms with Crippen molar-refractivity contribution < 1.29 is 13.5 Å². The van der Waals surface area contributed by atoms with Crippen LogP contribution in [0.15, 0.2) is 0 Å². The molecule has 7 heteroatoms. The van der Waals surface area contributed by atoms with Crippen molar-refractivity contribution in [2.45, 2.75) is 0 Å². The highest BCUT2D eigenvalue weighted by Crippen LogP contribution is 2.16. The van der Waals surface area contributed by atoms with Crippen LogP contribution < -0.4 is 10.5 Å². The minimum absolute atomic E-state index is 0.103. The minimum Gasteiger partial charge on any atom is -0.395 e. The van der Waals surface area contributed by atoms with Crippen LogP contribution in [0, 0.1) is 5.92 Å². The molecule has 78 valence electrons. The van der Waals surface area contributed by atoms with Gasteiger partial charge in [-0.1, -0.05) is 0 Å². The van der Waals surface area contributed by atoms with Gasteiger partial charge in [-0.15, -0.1) is 0 Å². The van der Waals surface area contributed by atoms with E-state index >= 15 is 0 Å². The highest BCUT2D eigenvalue weighted by atomic mass is 32.2. The van der Waals surface area contributed by atoms with E-state index in [0.717, 1.165) is 6.54 Å². The monoisotopic (exact) mass is 209 g/mol. The van der Waals surface area contributed by atoms with Gasteiger partial charge in [0.25, 0.3) is 10.2 Å². The number of aliphatic hydroxyl groups is 1. The lowest BCUT2D eigenvalue weighted by atomic mass is 10.0. The molecule has 0 unspecified atom stereocenters. The molecule has 13 heavy (non-hydrogen) atoms. The van der Waals surface area contributed by atoms with Crippen molar-refractivity contribution in [3.8, 4) is 0 Å². The summed E-state index contributed by atoms with van der Waals surface area (Å²) >= 11 is 0. The number of nitrogens with one attached hydrogen (secondary N) is 1. The summed E-state index contributed by atoms with van der Waals surface area (Å²) in [7, 11) is -3.47. The van der Waals surface area contributed by atoms with E-state index in [1.165, 1.54) is 4.31 Å². The Bertz CT molecular complexity index is 248. The van der Waals surface area contributed by atoms with E-state index in [1.54, 1.807) is 0 Å². The van der Waals surface area contributed by atoms with Crippen LogP contribution in [0.2, 0.25) is 0 Å². The van der Waals surface area contributed by atoms with Gasteiger partial charge in [0, 0.05) is 26.2 Å². The van der Waals surface area contributed by atoms with Crippen molar-refractivity contribution in [2.75, 3.05) is 32.8 Å². The van der Waals surface area contributed by atoms with Crippen LogP contribution in [0.3, 0.4) is 0 Å².